The summed E-state index contributed by atoms with van der Waals surface area (Å²) in [4.78, 5) is 13.7. The Bertz CT molecular complexity index is 605. The average molecular weight is 250 g/mol. The van der Waals surface area contributed by atoms with Gasteiger partial charge in [-0.05, 0) is 24.3 Å². The van der Waals surface area contributed by atoms with E-state index in [-0.39, 0.29) is 5.91 Å². The molecule has 0 aromatic heterocycles. The van der Waals surface area contributed by atoms with Crippen LogP contribution in [0.4, 0.5) is 11.4 Å². The molecule has 0 bridgehead atoms. The van der Waals surface area contributed by atoms with Crippen LogP contribution in [0.3, 0.4) is 0 Å². The minimum atomic E-state index is 0.0182. The van der Waals surface area contributed by atoms with E-state index < -0.39 is 0 Å². The molecule has 1 aliphatic rings. The van der Waals surface area contributed by atoms with Gasteiger partial charge in [-0.3, -0.25) is 4.79 Å². The SMILES string of the molecule is O=C1C=C(Nc2ccccc2)CN1c1ccccc1. The summed E-state index contributed by atoms with van der Waals surface area (Å²) in [6.07, 6.45) is 1.65. The van der Waals surface area contributed by atoms with Gasteiger partial charge < -0.3 is 10.2 Å². The molecule has 0 unspecified atom stereocenters. The number of nitrogens with one attached hydrogen (secondary N) is 1. The topological polar surface area (TPSA) is 32.3 Å². The van der Waals surface area contributed by atoms with E-state index in [4.69, 9.17) is 0 Å². The van der Waals surface area contributed by atoms with Crippen molar-refractivity contribution in [1.29, 1.82) is 0 Å². The van der Waals surface area contributed by atoms with Gasteiger partial charge in [-0.2, -0.15) is 0 Å². The Morgan fingerprint density at radius 3 is 2.21 bits per heavy atom. The molecule has 0 saturated carbocycles. The van der Waals surface area contributed by atoms with Gasteiger partial charge >= 0.3 is 0 Å². The summed E-state index contributed by atoms with van der Waals surface area (Å²) < 4.78 is 0. The van der Waals surface area contributed by atoms with Gasteiger partial charge in [0, 0.05) is 23.1 Å². The molecule has 0 saturated heterocycles. The Morgan fingerprint density at radius 1 is 0.895 bits per heavy atom. The standard InChI is InChI=1S/C16H14N2O/c19-16-11-14(17-13-7-3-1-4-8-13)12-18(16)15-9-5-2-6-10-15/h1-11,17H,12H2. The minimum absolute atomic E-state index is 0.0182. The van der Waals surface area contributed by atoms with Gasteiger partial charge in [0.2, 0.25) is 0 Å². The Kier molecular flexibility index (Phi) is 3.02. The predicted octanol–water partition coefficient (Wildman–Crippen LogP) is 3.03. The van der Waals surface area contributed by atoms with Crippen LogP contribution in [0.1, 0.15) is 0 Å². The van der Waals surface area contributed by atoms with Crippen molar-refractivity contribution in [3.63, 3.8) is 0 Å². The zero-order valence-corrected chi connectivity index (χ0v) is 10.4. The summed E-state index contributed by atoms with van der Waals surface area (Å²) in [5.41, 5.74) is 2.84. The molecule has 1 amide bonds. The van der Waals surface area contributed by atoms with Crippen molar-refractivity contribution in [3.8, 4) is 0 Å². The molecule has 1 heterocycles. The molecular weight excluding hydrogens is 236 g/mol. The fraction of sp³-hybridized carbons (Fsp3) is 0.0625. The Balaban J connectivity index is 1.74. The van der Waals surface area contributed by atoms with Crippen LogP contribution in [0.2, 0.25) is 0 Å². The molecule has 94 valence electrons. The number of carbonyl (C=O) groups excluding carboxylic acids is 1. The number of hydrogen-bond acceptors (Lipinski definition) is 2. The second-order valence-electron chi connectivity index (χ2n) is 4.42. The summed E-state index contributed by atoms with van der Waals surface area (Å²) in [6.45, 7) is 0.581. The number of benzene rings is 2. The fourth-order valence-corrected chi connectivity index (χ4v) is 2.13. The van der Waals surface area contributed by atoms with Crippen LogP contribution in [0, 0.1) is 0 Å². The summed E-state index contributed by atoms with van der Waals surface area (Å²) >= 11 is 0. The first kappa shape index (κ1) is 11.5. The van der Waals surface area contributed by atoms with E-state index in [9.17, 15) is 4.79 Å². The van der Waals surface area contributed by atoms with E-state index in [1.54, 1.807) is 11.0 Å². The van der Waals surface area contributed by atoms with E-state index >= 15 is 0 Å². The van der Waals surface area contributed by atoms with Crippen molar-refractivity contribution in [2.45, 2.75) is 0 Å². The normalized spacial score (nSPS) is 14.4. The third-order valence-corrected chi connectivity index (χ3v) is 3.04. The molecule has 0 spiro atoms. The smallest absolute Gasteiger partial charge is 0.253 e. The summed E-state index contributed by atoms with van der Waals surface area (Å²) in [6, 6.07) is 19.6. The number of para-hydroxylation sites is 2. The van der Waals surface area contributed by atoms with Crippen molar-refractivity contribution in [1.82, 2.24) is 0 Å². The van der Waals surface area contributed by atoms with Gasteiger partial charge in [-0.1, -0.05) is 36.4 Å². The molecule has 3 heteroatoms. The molecule has 3 nitrogen and oxygen atoms in total. The average Bonchev–Trinajstić information content (AvgIpc) is 2.82. The third-order valence-electron chi connectivity index (χ3n) is 3.04. The highest BCUT2D eigenvalue weighted by Crippen LogP contribution is 2.21. The lowest BCUT2D eigenvalue weighted by Gasteiger charge is -2.16. The van der Waals surface area contributed by atoms with Gasteiger partial charge in [-0.25, -0.2) is 0 Å². The highest BCUT2D eigenvalue weighted by molar-refractivity contribution is 6.05. The number of rotatable bonds is 3. The van der Waals surface area contributed by atoms with Crippen LogP contribution >= 0.6 is 0 Å². The maximum atomic E-state index is 12.0. The number of amides is 1. The first-order valence-electron chi connectivity index (χ1n) is 6.22. The maximum Gasteiger partial charge on any atom is 0.253 e. The summed E-state index contributed by atoms with van der Waals surface area (Å²) in [5, 5.41) is 3.27. The van der Waals surface area contributed by atoms with Gasteiger partial charge in [-0.15, -0.1) is 0 Å². The van der Waals surface area contributed by atoms with Crippen molar-refractivity contribution >= 4 is 17.3 Å². The van der Waals surface area contributed by atoms with Gasteiger partial charge in [0.05, 0.1) is 6.54 Å². The zero-order chi connectivity index (χ0) is 13.1. The summed E-state index contributed by atoms with van der Waals surface area (Å²) in [7, 11) is 0. The Labute approximate surface area is 112 Å². The van der Waals surface area contributed by atoms with Gasteiger partial charge in [0.1, 0.15) is 0 Å². The molecule has 0 atom stereocenters. The third kappa shape index (κ3) is 2.50. The second-order valence-corrected chi connectivity index (χ2v) is 4.42. The first-order valence-corrected chi connectivity index (χ1v) is 6.22. The molecule has 2 aromatic rings. The number of nitrogens with zero attached hydrogens (tertiary/aromatic N) is 1. The number of carbonyl (C=O) groups is 1. The molecule has 1 N–H and O–H groups in total. The lowest BCUT2D eigenvalue weighted by Crippen LogP contribution is -2.25. The lowest BCUT2D eigenvalue weighted by molar-refractivity contribution is -0.113. The largest absolute Gasteiger partial charge is 0.357 e. The molecule has 3 rings (SSSR count). The number of anilines is 2. The highest BCUT2D eigenvalue weighted by atomic mass is 16.2. The van der Waals surface area contributed by atoms with Crippen LogP contribution in [0.25, 0.3) is 0 Å². The number of hydrogen-bond donors (Lipinski definition) is 1. The van der Waals surface area contributed by atoms with Crippen LogP contribution in [-0.4, -0.2) is 12.5 Å². The Morgan fingerprint density at radius 2 is 1.53 bits per heavy atom. The molecular formula is C16H14N2O. The molecule has 0 fully saturated rings. The van der Waals surface area contributed by atoms with Crippen molar-refractivity contribution < 1.29 is 4.79 Å². The van der Waals surface area contributed by atoms with Crippen LogP contribution < -0.4 is 10.2 Å². The highest BCUT2D eigenvalue weighted by Gasteiger charge is 2.22. The van der Waals surface area contributed by atoms with E-state index in [2.05, 4.69) is 5.32 Å². The van der Waals surface area contributed by atoms with Crippen LogP contribution in [0.15, 0.2) is 72.4 Å². The minimum Gasteiger partial charge on any atom is -0.357 e. The van der Waals surface area contributed by atoms with Crippen molar-refractivity contribution in [3.05, 3.63) is 72.4 Å². The molecule has 0 aliphatic carbocycles. The van der Waals surface area contributed by atoms with Crippen molar-refractivity contribution in [2.75, 3.05) is 16.8 Å². The summed E-state index contributed by atoms with van der Waals surface area (Å²) in [5.74, 6) is 0.0182. The quantitative estimate of drug-likeness (QED) is 0.908. The first-order chi connectivity index (χ1) is 9.33. The van der Waals surface area contributed by atoms with Crippen molar-refractivity contribution in [2.24, 2.45) is 0 Å². The van der Waals surface area contributed by atoms with E-state index in [1.165, 1.54) is 0 Å². The lowest BCUT2D eigenvalue weighted by atomic mass is 10.3. The predicted molar refractivity (Wildman–Crippen MR) is 76.9 cm³/mol. The molecule has 1 aliphatic heterocycles. The van der Waals surface area contributed by atoms with E-state index in [0.717, 1.165) is 17.1 Å². The van der Waals surface area contributed by atoms with Crippen LogP contribution in [0.5, 0.6) is 0 Å². The monoisotopic (exact) mass is 250 g/mol. The van der Waals surface area contributed by atoms with Gasteiger partial charge in [0.25, 0.3) is 5.91 Å². The maximum absolute atomic E-state index is 12.0. The molecule has 19 heavy (non-hydrogen) atoms. The molecule has 2 aromatic carbocycles. The molecule has 0 radical (unpaired) electrons. The fourth-order valence-electron chi connectivity index (χ4n) is 2.13. The second kappa shape index (κ2) is 4.98. The van der Waals surface area contributed by atoms with E-state index in [1.807, 2.05) is 60.7 Å². The zero-order valence-electron chi connectivity index (χ0n) is 10.4. The Hall–Kier alpha value is -2.55. The van der Waals surface area contributed by atoms with Gasteiger partial charge in [0.15, 0.2) is 0 Å². The van der Waals surface area contributed by atoms with Crippen LogP contribution in [-0.2, 0) is 4.79 Å². The van der Waals surface area contributed by atoms with E-state index in [0.29, 0.717) is 6.54 Å².